The molecule has 0 N–H and O–H groups in total. The van der Waals surface area contributed by atoms with E-state index in [4.69, 9.17) is 4.74 Å². The van der Waals surface area contributed by atoms with Crippen LogP contribution in [0.2, 0.25) is 0 Å². The lowest BCUT2D eigenvalue weighted by atomic mass is 9.97. The SMILES string of the molecule is Cc1cccc(COC(=O)C2CCN(c3ccc4nnc(C(F)(F)F)n4n3)CC2)c1. The van der Waals surface area contributed by atoms with Crippen molar-refractivity contribution in [3.63, 3.8) is 0 Å². The van der Waals surface area contributed by atoms with Crippen LogP contribution in [0.3, 0.4) is 0 Å². The monoisotopic (exact) mass is 419 g/mol. The first kappa shape index (κ1) is 20.1. The van der Waals surface area contributed by atoms with Gasteiger partial charge < -0.3 is 9.64 Å². The van der Waals surface area contributed by atoms with Gasteiger partial charge in [0.15, 0.2) is 5.65 Å². The standard InChI is InChI=1S/C20H20F3N5O2/c1-13-3-2-4-14(11-13)12-30-18(29)15-7-9-27(10-8-15)17-6-5-16-24-25-19(20(21,22)23)28(16)26-17/h2-6,11,15H,7-10,12H2,1H3. The van der Waals surface area contributed by atoms with Crippen LogP contribution in [0, 0.1) is 12.8 Å². The van der Waals surface area contributed by atoms with Crippen molar-refractivity contribution in [3.8, 4) is 0 Å². The van der Waals surface area contributed by atoms with Gasteiger partial charge >= 0.3 is 12.1 Å². The maximum atomic E-state index is 13.1. The number of alkyl halides is 3. The molecular formula is C20H20F3N5O2. The van der Waals surface area contributed by atoms with Crippen LogP contribution >= 0.6 is 0 Å². The maximum Gasteiger partial charge on any atom is 0.453 e. The quantitative estimate of drug-likeness (QED) is 0.604. The Labute approximate surface area is 170 Å². The Morgan fingerprint density at radius 3 is 2.63 bits per heavy atom. The first-order chi connectivity index (χ1) is 14.3. The molecule has 1 saturated heterocycles. The van der Waals surface area contributed by atoms with Crippen molar-refractivity contribution >= 4 is 17.4 Å². The van der Waals surface area contributed by atoms with E-state index in [1.54, 1.807) is 6.07 Å². The van der Waals surface area contributed by atoms with Gasteiger partial charge in [-0.3, -0.25) is 4.79 Å². The Hall–Kier alpha value is -3.17. The summed E-state index contributed by atoms with van der Waals surface area (Å²) in [6, 6.07) is 10.8. The fraction of sp³-hybridized carbons (Fsp3) is 0.400. The van der Waals surface area contributed by atoms with Crippen LogP contribution in [-0.4, -0.2) is 38.9 Å². The molecule has 3 aromatic rings. The third-order valence-corrected chi connectivity index (χ3v) is 5.12. The summed E-state index contributed by atoms with van der Waals surface area (Å²) in [7, 11) is 0. The zero-order valence-electron chi connectivity index (χ0n) is 16.3. The molecule has 7 nitrogen and oxygen atoms in total. The predicted octanol–water partition coefficient (Wildman–Crippen LogP) is 3.41. The van der Waals surface area contributed by atoms with Gasteiger partial charge in [-0.15, -0.1) is 15.3 Å². The van der Waals surface area contributed by atoms with Crippen LogP contribution in [0.25, 0.3) is 5.65 Å². The summed E-state index contributed by atoms with van der Waals surface area (Å²) in [6.45, 7) is 3.19. The number of piperidine rings is 1. The van der Waals surface area contributed by atoms with Crippen LogP contribution in [0.1, 0.15) is 29.8 Å². The van der Waals surface area contributed by atoms with E-state index in [9.17, 15) is 18.0 Å². The van der Waals surface area contributed by atoms with E-state index in [0.717, 1.165) is 11.1 Å². The van der Waals surface area contributed by atoms with E-state index in [1.165, 1.54) is 6.07 Å². The molecule has 0 bridgehead atoms. The lowest BCUT2D eigenvalue weighted by molar-refractivity contribution is -0.150. The Kier molecular flexibility index (Phi) is 5.31. The number of benzene rings is 1. The van der Waals surface area contributed by atoms with E-state index in [1.807, 2.05) is 36.1 Å². The van der Waals surface area contributed by atoms with E-state index >= 15 is 0 Å². The molecule has 0 spiro atoms. The second kappa shape index (κ2) is 7.92. The highest BCUT2D eigenvalue weighted by Crippen LogP contribution is 2.29. The summed E-state index contributed by atoms with van der Waals surface area (Å²) in [5, 5.41) is 10.8. The second-order valence-corrected chi connectivity index (χ2v) is 7.34. The van der Waals surface area contributed by atoms with Gasteiger partial charge in [-0.25, -0.2) is 0 Å². The number of ether oxygens (including phenoxy) is 1. The molecule has 1 fully saturated rings. The van der Waals surface area contributed by atoms with Crippen LogP contribution in [-0.2, 0) is 22.3 Å². The highest BCUT2D eigenvalue weighted by Gasteiger charge is 2.38. The third-order valence-electron chi connectivity index (χ3n) is 5.12. The number of hydrogen-bond acceptors (Lipinski definition) is 6. The number of carbonyl (C=O) groups is 1. The topological polar surface area (TPSA) is 72.6 Å². The van der Waals surface area contributed by atoms with Crippen molar-refractivity contribution < 1.29 is 22.7 Å². The van der Waals surface area contributed by atoms with Gasteiger partial charge in [0.1, 0.15) is 12.4 Å². The first-order valence-electron chi connectivity index (χ1n) is 9.58. The molecular weight excluding hydrogens is 399 g/mol. The molecule has 3 heterocycles. The molecule has 4 rings (SSSR count). The molecule has 158 valence electrons. The third kappa shape index (κ3) is 4.22. The number of halogens is 3. The summed E-state index contributed by atoms with van der Waals surface area (Å²) < 4.78 is 45.3. The van der Waals surface area contributed by atoms with E-state index < -0.39 is 12.0 Å². The van der Waals surface area contributed by atoms with Crippen LogP contribution in [0.15, 0.2) is 36.4 Å². The molecule has 1 aliphatic heterocycles. The average molecular weight is 419 g/mol. The molecule has 2 aromatic heterocycles. The summed E-state index contributed by atoms with van der Waals surface area (Å²) >= 11 is 0. The lowest BCUT2D eigenvalue weighted by Gasteiger charge is -2.31. The van der Waals surface area contributed by atoms with Crippen LogP contribution < -0.4 is 4.90 Å². The number of fused-ring (bicyclic) bond motifs is 1. The lowest BCUT2D eigenvalue weighted by Crippen LogP contribution is -2.37. The number of aromatic nitrogens is 4. The molecule has 0 radical (unpaired) electrons. The molecule has 0 amide bonds. The highest BCUT2D eigenvalue weighted by atomic mass is 19.4. The summed E-state index contributed by atoms with van der Waals surface area (Å²) in [5.41, 5.74) is 2.07. The smallest absolute Gasteiger partial charge is 0.453 e. The van der Waals surface area contributed by atoms with Gasteiger partial charge in [-0.1, -0.05) is 29.8 Å². The zero-order valence-corrected chi connectivity index (χ0v) is 16.3. The van der Waals surface area contributed by atoms with E-state index in [2.05, 4.69) is 15.3 Å². The largest absolute Gasteiger partial charge is 0.461 e. The summed E-state index contributed by atoms with van der Waals surface area (Å²) in [6.07, 6.45) is -3.56. The number of esters is 1. The molecule has 30 heavy (non-hydrogen) atoms. The van der Waals surface area contributed by atoms with Crippen molar-refractivity contribution in [1.29, 1.82) is 0 Å². The van der Waals surface area contributed by atoms with Gasteiger partial charge in [0.2, 0.25) is 0 Å². The molecule has 1 aliphatic rings. The van der Waals surface area contributed by atoms with Gasteiger partial charge in [0, 0.05) is 13.1 Å². The predicted molar refractivity (Wildman–Crippen MR) is 102 cm³/mol. The minimum Gasteiger partial charge on any atom is -0.461 e. The van der Waals surface area contributed by atoms with Crippen molar-refractivity contribution in [2.45, 2.75) is 32.5 Å². The minimum absolute atomic E-state index is 0.0284. The summed E-state index contributed by atoms with van der Waals surface area (Å²) in [4.78, 5) is 14.2. The van der Waals surface area contributed by atoms with E-state index in [-0.39, 0.29) is 24.1 Å². The van der Waals surface area contributed by atoms with Gasteiger partial charge in [-0.05, 0) is 37.5 Å². The highest BCUT2D eigenvalue weighted by molar-refractivity contribution is 5.73. The fourth-order valence-electron chi connectivity index (χ4n) is 3.54. The number of aryl methyl sites for hydroxylation is 1. The van der Waals surface area contributed by atoms with Gasteiger partial charge in [0.25, 0.3) is 5.82 Å². The Bertz CT molecular complexity index is 1060. The fourth-order valence-corrected chi connectivity index (χ4v) is 3.54. The number of carbonyl (C=O) groups excluding carboxylic acids is 1. The first-order valence-corrected chi connectivity index (χ1v) is 9.58. The average Bonchev–Trinajstić information content (AvgIpc) is 3.16. The van der Waals surface area contributed by atoms with Crippen molar-refractivity contribution in [3.05, 3.63) is 53.3 Å². The van der Waals surface area contributed by atoms with E-state index in [0.29, 0.717) is 36.3 Å². The molecule has 0 saturated carbocycles. The number of nitrogens with zero attached hydrogens (tertiary/aromatic N) is 5. The summed E-state index contributed by atoms with van der Waals surface area (Å²) in [5.74, 6) is -1.26. The normalized spacial score (nSPS) is 15.5. The number of rotatable bonds is 4. The molecule has 10 heteroatoms. The molecule has 0 aliphatic carbocycles. The van der Waals surface area contributed by atoms with Crippen molar-refractivity contribution in [2.24, 2.45) is 5.92 Å². The molecule has 0 unspecified atom stereocenters. The number of hydrogen-bond donors (Lipinski definition) is 0. The van der Waals surface area contributed by atoms with Gasteiger partial charge in [0.05, 0.1) is 5.92 Å². The Morgan fingerprint density at radius 2 is 1.93 bits per heavy atom. The van der Waals surface area contributed by atoms with Crippen molar-refractivity contribution in [2.75, 3.05) is 18.0 Å². The Morgan fingerprint density at radius 1 is 1.17 bits per heavy atom. The van der Waals surface area contributed by atoms with Crippen molar-refractivity contribution in [1.82, 2.24) is 19.8 Å². The molecule has 1 aromatic carbocycles. The van der Waals surface area contributed by atoms with Crippen LogP contribution in [0.5, 0.6) is 0 Å². The van der Waals surface area contributed by atoms with Crippen LogP contribution in [0.4, 0.5) is 19.0 Å². The second-order valence-electron chi connectivity index (χ2n) is 7.34. The number of anilines is 1. The zero-order chi connectivity index (χ0) is 21.3. The maximum absolute atomic E-state index is 13.1. The minimum atomic E-state index is -4.64. The molecule has 0 atom stereocenters. The Balaban J connectivity index is 1.37. The van der Waals surface area contributed by atoms with Gasteiger partial charge in [-0.2, -0.15) is 17.7 Å².